The summed E-state index contributed by atoms with van der Waals surface area (Å²) in [7, 11) is 0. The zero-order chi connectivity index (χ0) is 16.6. The number of benzene rings is 1. The van der Waals surface area contributed by atoms with E-state index in [1.807, 2.05) is 23.6 Å². The van der Waals surface area contributed by atoms with Crippen LogP contribution in [0.25, 0.3) is 11.2 Å². The van der Waals surface area contributed by atoms with Crippen LogP contribution in [0.3, 0.4) is 0 Å². The molecule has 1 unspecified atom stereocenters. The number of nitrogen functional groups attached to an aromatic ring is 1. The average Bonchev–Trinajstić information content (AvgIpc) is 2.84. The van der Waals surface area contributed by atoms with E-state index in [9.17, 15) is 0 Å². The van der Waals surface area contributed by atoms with E-state index >= 15 is 0 Å². The summed E-state index contributed by atoms with van der Waals surface area (Å²) in [6.45, 7) is 4.83. The molecule has 0 bridgehead atoms. The van der Waals surface area contributed by atoms with Crippen molar-refractivity contribution in [2.75, 3.05) is 11.1 Å². The summed E-state index contributed by atoms with van der Waals surface area (Å²) >= 11 is 6.87. The molecule has 2 heterocycles. The topological polar surface area (TPSA) is 81.7 Å². The molecule has 2 aromatic heterocycles. The fourth-order valence-electron chi connectivity index (χ4n) is 2.37. The normalized spacial score (nSPS) is 12.5. The molecular formula is C15H16Br2N6. The number of aryl methyl sites for hydroxylation is 1. The third kappa shape index (κ3) is 3.18. The molecule has 0 saturated heterocycles. The minimum atomic E-state index is 0.0568. The fraction of sp³-hybridized carbons (Fsp3) is 0.267. The number of hydrogen-bond acceptors (Lipinski definition) is 5. The van der Waals surface area contributed by atoms with Crippen LogP contribution in [0.4, 0.5) is 11.8 Å². The number of nitrogens with one attached hydrogen (secondary N) is 1. The fourth-order valence-corrected chi connectivity index (χ4v) is 3.23. The van der Waals surface area contributed by atoms with Crippen molar-refractivity contribution in [2.45, 2.75) is 26.4 Å². The first-order valence-electron chi connectivity index (χ1n) is 7.20. The van der Waals surface area contributed by atoms with Crippen LogP contribution in [-0.2, 0) is 6.54 Å². The molecule has 23 heavy (non-hydrogen) atoms. The quantitative estimate of drug-likeness (QED) is 0.597. The molecular weight excluding hydrogens is 424 g/mol. The van der Waals surface area contributed by atoms with Crippen LogP contribution in [0, 0.1) is 0 Å². The van der Waals surface area contributed by atoms with Gasteiger partial charge in [-0.1, -0.05) is 28.1 Å². The van der Waals surface area contributed by atoms with Crippen LogP contribution >= 0.6 is 31.9 Å². The smallest absolute Gasteiger partial charge is 0.227 e. The number of imidazole rings is 1. The lowest BCUT2D eigenvalue weighted by atomic mass is 10.1. The van der Waals surface area contributed by atoms with Crippen molar-refractivity contribution in [1.29, 1.82) is 0 Å². The van der Waals surface area contributed by atoms with Crippen molar-refractivity contribution in [2.24, 2.45) is 0 Å². The number of hydrogen-bond donors (Lipinski definition) is 2. The molecule has 8 heteroatoms. The van der Waals surface area contributed by atoms with E-state index in [1.165, 1.54) is 0 Å². The minimum absolute atomic E-state index is 0.0568. The molecule has 0 amide bonds. The Bertz CT molecular complexity index is 843. The molecule has 0 radical (unpaired) electrons. The van der Waals surface area contributed by atoms with Gasteiger partial charge in [0.25, 0.3) is 0 Å². The summed E-state index contributed by atoms with van der Waals surface area (Å²) < 4.78 is 3.70. The molecule has 1 aromatic carbocycles. The van der Waals surface area contributed by atoms with Gasteiger partial charge in [-0.05, 0) is 47.5 Å². The van der Waals surface area contributed by atoms with Gasteiger partial charge >= 0.3 is 0 Å². The maximum absolute atomic E-state index is 6.03. The van der Waals surface area contributed by atoms with Gasteiger partial charge in [0, 0.05) is 11.0 Å². The predicted octanol–water partition coefficient (Wildman–Crippen LogP) is 4.13. The van der Waals surface area contributed by atoms with E-state index < -0.39 is 0 Å². The van der Waals surface area contributed by atoms with Crippen LogP contribution in [0.15, 0.2) is 33.5 Å². The highest BCUT2D eigenvalue weighted by Crippen LogP contribution is 2.25. The summed E-state index contributed by atoms with van der Waals surface area (Å²) in [5, 5.41) is 3.30. The van der Waals surface area contributed by atoms with E-state index in [1.54, 1.807) is 0 Å². The van der Waals surface area contributed by atoms with Gasteiger partial charge in [-0.2, -0.15) is 9.97 Å². The molecule has 0 fully saturated rings. The lowest BCUT2D eigenvalue weighted by molar-refractivity contribution is 0.755. The third-order valence-corrected chi connectivity index (χ3v) is 4.74. The zero-order valence-electron chi connectivity index (χ0n) is 12.7. The van der Waals surface area contributed by atoms with Crippen molar-refractivity contribution in [3.8, 4) is 0 Å². The van der Waals surface area contributed by atoms with Gasteiger partial charge in [0.05, 0.1) is 6.04 Å². The van der Waals surface area contributed by atoms with E-state index in [2.05, 4.69) is 71.2 Å². The van der Waals surface area contributed by atoms with Gasteiger partial charge in [0.15, 0.2) is 21.7 Å². The van der Waals surface area contributed by atoms with Crippen molar-refractivity contribution < 1.29 is 0 Å². The molecule has 1 atom stereocenters. The van der Waals surface area contributed by atoms with E-state index in [0.29, 0.717) is 22.0 Å². The number of nitrogens with two attached hydrogens (primary N) is 1. The van der Waals surface area contributed by atoms with Crippen molar-refractivity contribution in [1.82, 2.24) is 19.5 Å². The van der Waals surface area contributed by atoms with Gasteiger partial charge in [-0.15, -0.1) is 0 Å². The summed E-state index contributed by atoms with van der Waals surface area (Å²) in [5.41, 5.74) is 8.51. The molecule has 3 rings (SSSR count). The highest BCUT2D eigenvalue weighted by atomic mass is 79.9. The van der Waals surface area contributed by atoms with Crippen molar-refractivity contribution in [3.05, 3.63) is 39.0 Å². The summed E-state index contributed by atoms with van der Waals surface area (Å²) in [4.78, 5) is 13.3. The monoisotopic (exact) mass is 438 g/mol. The Balaban J connectivity index is 1.95. The van der Waals surface area contributed by atoms with E-state index in [4.69, 9.17) is 5.73 Å². The van der Waals surface area contributed by atoms with E-state index in [-0.39, 0.29) is 6.04 Å². The first-order chi connectivity index (χ1) is 11.0. The lowest BCUT2D eigenvalue weighted by Gasteiger charge is -2.15. The SMILES string of the molecule is CCn1c(Br)nc2c(N)nc(NC(C)c3ccc(Br)cc3)nc21. The molecule has 0 aliphatic heterocycles. The van der Waals surface area contributed by atoms with Gasteiger partial charge < -0.3 is 15.6 Å². The maximum Gasteiger partial charge on any atom is 0.227 e. The number of aromatic nitrogens is 4. The maximum atomic E-state index is 6.03. The summed E-state index contributed by atoms with van der Waals surface area (Å²) in [6.07, 6.45) is 0. The molecule has 3 N–H and O–H groups in total. The Morgan fingerprint density at radius 3 is 2.52 bits per heavy atom. The first kappa shape index (κ1) is 16.2. The number of rotatable bonds is 4. The van der Waals surface area contributed by atoms with Gasteiger partial charge in [-0.25, -0.2) is 4.98 Å². The molecule has 120 valence electrons. The standard InChI is InChI=1S/C15H16Br2N6/c1-3-23-13-11(20-14(23)17)12(18)21-15(22-13)19-8(2)9-4-6-10(16)7-5-9/h4-8H,3H2,1-2H3,(H3,18,19,21,22). The van der Waals surface area contributed by atoms with Gasteiger partial charge in [0.2, 0.25) is 5.95 Å². The minimum Gasteiger partial charge on any atom is -0.382 e. The molecule has 6 nitrogen and oxygen atoms in total. The van der Waals surface area contributed by atoms with Crippen LogP contribution < -0.4 is 11.1 Å². The lowest BCUT2D eigenvalue weighted by Crippen LogP contribution is -2.11. The number of nitrogens with zero attached hydrogens (tertiary/aromatic N) is 4. The molecule has 0 saturated carbocycles. The Morgan fingerprint density at radius 2 is 1.87 bits per heavy atom. The number of fused-ring (bicyclic) bond motifs is 1. The van der Waals surface area contributed by atoms with Crippen LogP contribution in [-0.4, -0.2) is 19.5 Å². The van der Waals surface area contributed by atoms with Crippen LogP contribution in [0.5, 0.6) is 0 Å². The Labute approximate surface area is 150 Å². The van der Waals surface area contributed by atoms with Crippen molar-refractivity contribution in [3.63, 3.8) is 0 Å². The summed E-state index contributed by atoms with van der Waals surface area (Å²) in [6, 6.07) is 8.18. The van der Waals surface area contributed by atoms with Crippen LogP contribution in [0.2, 0.25) is 0 Å². The second-order valence-corrected chi connectivity index (χ2v) is 6.77. The largest absolute Gasteiger partial charge is 0.382 e. The zero-order valence-corrected chi connectivity index (χ0v) is 15.9. The van der Waals surface area contributed by atoms with Crippen molar-refractivity contribution >= 4 is 54.8 Å². The molecule has 0 aliphatic rings. The predicted molar refractivity (Wildman–Crippen MR) is 99.3 cm³/mol. The van der Waals surface area contributed by atoms with Crippen LogP contribution in [0.1, 0.15) is 25.5 Å². The number of anilines is 2. The highest BCUT2D eigenvalue weighted by molar-refractivity contribution is 9.10. The highest BCUT2D eigenvalue weighted by Gasteiger charge is 2.15. The second-order valence-electron chi connectivity index (χ2n) is 5.15. The molecule has 0 aliphatic carbocycles. The molecule has 0 spiro atoms. The Hall–Kier alpha value is -1.67. The molecule has 3 aromatic rings. The summed E-state index contributed by atoms with van der Waals surface area (Å²) in [5.74, 6) is 0.862. The van der Waals surface area contributed by atoms with Gasteiger partial charge in [-0.3, -0.25) is 0 Å². The van der Waals surface area contributed by atoms with E-state index in [0.717, 1.165) is 22.2 Å². The number of halogens is 2. The Morgan fingerprint density at radius 1 is 1.17 bits per heavy atom. The second kappa shape index (κ2) is 6.45. The first-order valence-corrected chi connectivity index (χ1v) is 8.79. The third-order valence-electron chi connectivity index (χ3n) is 3.61. The average molecular weight is 440 g/mol. The Kier molecular flexibility index (Phi) is 4.54. The van der Waals surface area contributed by atoms with Gasteiger partial charge in [0.1, 0.15) is 0 Å².